The van der Waals surface area contributed by atoms with Gasteiger partial charge < -0.3 is 25.2 Å². The first-order valence-corrected chi connectivity index (χ1v) is 10.5. The van der Waals surface area contributed by atoms with Crippen molar-refractivity contribution in [1.82, 2.24) is 20.5 Å². The lowest BCUT2D eigenvalue weighted by molar-refractivity contribution is -0.115. The Balaban J connectivity index is 1.62. The van der Waals surface area contributed by atoms with Gasteiger partial charge >= 0.3 is 6.03 Å². The van der Waals surface area contributed by atoms with Crippen LogP contribution in [-0.4, -0.2) is 115 Å². The number of aliphatic hydroxyl groups excluding tert-OH is 1. The predicted octanol–water partition coefficient (Wildman–Crippen LogP) is -2.56. The SMILES string of the molecule is [B]C1([B])OC([B])([B])C([B])(O)N(c2n[nH]c3cc(NC(=O)NC(CO)c4ccccc4)ncc23)C1([B])[B]. The van der Waals surface area contributed by atoms with Crippen LogP contribution in [0.2, 0.25) is 0 Å². The van der Waals surface area contributed by atoms with Crippen LogP contribution in [0.15, 0.2) is 42.6 Å². The zero-order chi connectivity index (χ0) is 26.5. The Morgan fingerprint density at radius 2 is 1.78 bits per heavy atom. The number of fused-ring (bicyclic) bond motifs is 1. The summed E-state index contributed by atoms with van der Waals surface area (Å²) in [7, 11) is 41.5. The standard InChI is InChI=1S/C19H15B7N6O4/c20-16(21)17(22,23)36-18(24,25)19(26,35)32(16)14-10-7-27-13(6-11(10)30-31-14)29-15(34)28-12(8-33)9-4-2-1-3-5-9/h1-7,12,33,35H,8H2,(H,30,31)(H2,27,28,29,34). The molecule has 10 nitrogen and oxygen atoms in total. The molecule has 1 saturated heterocycles. The van der Waals surface area contributed by atoms with Crippen molar-refractivity contribution >= 4 is 83.5 Å². The summed E-state index contributed by atoms with van der Waals surface area (Å²) < 4.78 is 5.09. The van der Waals surface area contributed by atoms with E-state index in [9.17, 15) is 15.0 Å². The molecule has 1 aromatic carbocycles. The number of benzene rings is 1. The summed E-state index contributed by atoms with van der Waals surface area (Å²) in [6.45, 7) is -0.317. The van der Waals surface area contributed by atoms with Gasteiger partial charge in [-0.2, -0.15) is 5.10 Å². The third kappa shape index (κ3) is 4.33. The van der Waals surface area contributed by atoms with Gasteiger partial charge in [0, 0.05) is 17.7 Å². The highest BCUT2D eigenvalue weighted by atomic mass is 16.5. The number of H-pyrrole nitrogens is 1. The van der Waals surface area contributed by atoms with Crippen LogP contribution in [0.4, 0.5) is 16.4 Å². The molecule has 0 bridgehead atoms. The molecule has 0 spiro atoms. The van der Waals surface area contributed by atoms with Crippen molar-refractivity contribution in [3.05, 3.63) is 48.2 Å². The Kier molecular flexibility index (Phi) is 6.55. The first-order chi connectivity index (χ1) is 16.7. The van der Waals surface area contributed by atoms with Crippen molar-refractivity contribution < 1.29 is 19.7 Å². The summed E-state index contributed by atoms with van der Waals surface area (Å²) in [6.07, 6.45) is 1.29. The van der Waals surface area contributed by atoms with Gasteiger partial charge in [-0.1, -0.05) is 30.3 Å². The molecule has 166 valence electrons. The van der Waals surface area contributed by atoms with Gasteiger partial charge in [0.15, 0.2) is 5.82 Å². The van der Waals surface area contributed by atoms with E-state index in [1.807, 2.05) is 6.07 Å². The third-order valence-corrected chi connectivity index (χ3v) is 5.82. The lowest BCUT2D eigenvalue weighted by Crippen LogP contribution is -2.86. The fourth-order valence-corrected chi connectivity index (χ4v) is 3.77. The fourth-order valence-electron chi connectivity index (χ4n) is 3.77. The number of rotatable bonds is 5. The van der Waals surface area contributed by atoms with E-state index in [0.29, 0.717) is 5.52 Å². The predicted molar refractivity (Wildman–Crippen MR) is 139 cm³/mol. The highest BCUT2D eigenvalue weighted by Gasteiger charge is 2.59. The van der Waals surface area contributed by atoms with Crippen LogP contribution in [0.5, 0.6) is 0 Å². The average molecular weight is 467 g/mol. The maximum atomic E-state index is 12.5. The molecule has 2 amide bonds. The molecule has 0 saturated carbocycles. The van der Waals surface area contributed by atoms with E-state index < -0.39 is 33.8 Å². The van der Waals surface area contributed by atoms with Gasteiger partial charge in [-0.15, -0.1) is 0 Å². The number of ether oxygens (including phenoxy) is 1. The van der Waals surface area contributed by atoms with Crippen molar-refractivity contribution in [2.75, 3.05) is 16.8 Å². The molecular weight excluding hydrogens is 452 g/mol. The molecule has 3 aromatic rings. The van der Waals surface area contributed by atoms with Crippen LogP contribution in [0.25, 0.3) is 10.9 Å². The van der Waals surface area contributed by atoms with E-state index in [0.717, 1.165) is 10.5 Å². The van der Waals surface area contributed by atoms with E-state index in [1.54, 1.807) is 24.3 Å². The average Bonchev–Trinajstić information content (AvgIpc) is 3.18. The Labute approximate surface area is 216 Å². The van der Waals surface area contributed by atoms with Gasteiger partial charge in [-0.05, 0) is 16.3 Å². The number of urea groups is 1. The van der Waals surface area contributed by atoms with Crippen molar-refractivity contribution in [1.29, 1.82) is 0 Å². The van der Waals surface area contributed by atoms with Crippen LogP contribution in [0, 0.1) is 0 Å². The maximum Gasteiger partial charge on any atom is 0.320 e. The summed E-state index contributed by atoms with van der Waals surface area (Å²) in [5, 5.41) is 25.5. The first-order valence-electron chi connectivity index (χ1n) is 10.5. The molecule has 1 aliphatic heterocycles. The number of aliphatic hydroxyl groups is 2. The summed E-state index contributed by atoms with van der Waals surface area (Å²) in [5.41, 5.74) is -1.71. The molecule has 3 heterocycles. The molecule has 2 unspecified atom stereocenters. The minimum Gasteiger partial charge on any atom is -0.402 e. The minimum absolute atomic E-state index is 0.121. The first kappa shape index (κ1) is 26.3. The van der Waals surface area contributed by atoms with Gasteiger partial charge in [-0.25, -0.2) is 9.78 Å². The van der Waals surface area contributed by atoms with E-state index in [4.69, 9.17) is 59.7 Å². The van der Waals surface area contributed by atoms with Gasteiger partial charge in [0.05, 0.1) is 39.2 Å². The molecule has 0 aliphatic carbocycles. The minimum atomic E-state index is -2.74. The number of morpholine rings is 1. The molecule has 2 aromatic heterocycles. The highest BCUT2D eigenvalue weighted by Crippen LogP contribution is 2.44. The zero-order valence-corrected chi connectivity index (χ0v) is 18.9. The van der Waals surface area contributed by atoms with Crippen molar-refractivity contribution in [2.24, 2.45) is 0 Å². The number of aromatic nitrogens is 3. The van der Waals surface area contributed by atoms with E-state index >= 15 is 0 Å². The number of nitrogens with zero attached hydrogens (tertiary/aromatic N) is 3. The molecule has 5 N–H and O–H groups in total. The number of amides is 2. The molecular formula is C19H15B7N6O4. The second-order valence-electron chi connectivity index (χ2n) is 8.48. The lowest BCUT2D eigenvalue weighted by atomic mass is 9.35. The van der Waals surface area contributed by atoms with Crippen LogP contribution < -0.4 is 15.5 Å². The molecule has 14 radical (unpaired) electrons. The maximum absolute atomic E-state index is 12.5. The van der Waals surface area contributed by atoms with Crippen LogP contribution in [-0.2, 0) is 4.74 Å². The van der Waals surface area contributed by atoms with E-state index in [1.165, 1.54) is 12.3 Å². The zero-order valence-electron chi connectivity index (χ0n) is 18.9. The number of carbonyl (C=O) groups excluding carboxylic acids is 1. The molecule has 17 heteroatoms. The van der Waals surface area contributed by atoms with Crippen molar-refractivity contribution in [3.63, 3.8) is 0 Å². The summed E-state index contributed by atoms with van der Waals surface area (Å²) >= 11 is 0. The Morgan fingerprint density at radius 3 is 2.42 bits per heavy atom. The third-order valence-electron chi connectivity index (χ3n) is 5.82. The second kappa shape index (κ2) is 8.97. The number of carbonyl (C=O) groups is 1. The number of pyridine rings is 1. The molecule has 4 rings (SSSR count). The van der Waals surface area contributed by atoms with E-state index in [-0.39, 0.29) is 23.6 Å². The monoisotopic (exact) mass is 468 g/mol. The number of hydrogen-bond acceptors (Lipinski definition) is 7. The Morgan fingerprint density at radius 1 is 1.11 bits per heavy atom. The van der Waals surface area contributed by atoms with Crippen LogP contribution >= 0.6 is 0 Å². The van der Waals surface area contributed by atoms with Crippen molar-refractivity contribution in [2.45, 2.75) is 27.8 Å². The molecule has 2 atom stereocenters. The summed E-state index contributed by atoms with van der Waals surface area (Å²) in [6, 6.07) is 9.11. The normalized spacial score (nSPS) is 23.1. The van der Waals surface area contributed by atoms with Gasteiger partial charge in [0.1, 0.15) is 50.7 Å². The number of aromatic amines is 1. The molecule has 1 fully saturated rings. The van der Waals surface area contributed by atoms with Crippen LogP contribution in [0.1, 0.15) is 11.6 Å². The highest BCUT2D eigenvalue weighted by molar-refractivity contribution is 6.57. The van der Waals surface area contributed by atoms with Crippen molar-refractivity contribution in [3.8, 4) is 0 Å². The number of nitrogens with one attached hydrogen (secondary N) is 3. The molecule has 1 aliphatic rings. The van der Waals surface area contributed by atoms with Gasteiger partial charge in [-0.3, -0.25) is 10.4 Å². The second-order valence-corrected chi connectivity index (χ2v) is 8.48. The van der Waals surface area contributed by atoms with Crippen LogP contribution in [0.3, 0.4) is 0 Å². The quantitative estimate of drug-likeness (QED) is 0.261. The number of hydrogen-bond donors (Lipinski definition) is 5. The summed E-state index contributed by atoms with van der Waals surface area (Å²) in [4.78, 5) is 17.4. The largest absolute Gasteiger partial charge is 0.402 e. The van der Waals surface area contributed by atoms with Gasteiger partial charge in [0.2, 0.25) is 0 Å². The Bertz CT molecular complexity index is 1250. The summed E-state index contributed by atoms with van der Waals surface area (Å²) in [5.74, 6) is -0.0348. The van der Waals surface area contributed by atoms with Gasteiger partial charge in [0.25, 0.3) is 0 Å². The topological polar surface area (TPSA) is 136 Å². The molecule has 36 heavy (non-hydrogen) atoms. The lowest BCUT2D eigenvalue weighted by Gasteiger charge is -2.68. The van der Waals surface area contributed by atoms with E-state index in [2.05, 4.69) is 25.8 Å². The fraction of sp³-hybridized carbons (Fsp3) is 0.316. The number of anilines is 2. The Hall–Kier alpha value is -2.76. The smallest absolute Gasteiger partial charge is 0.320 e.